The molecule has 0 spiro atoms. The Kier molecular flexibility index (Phi) is 8.54. The van der Waals surface area contributed by atoms with E-state index >= 15 is 0 Å². The normalized spacial score (nSPS) is 19.5. The Morgan fingerprint density at radius 1 is 0.969 bits per heavy atom. The average Bonchev–Trinajstić information content (AvgIpc) is 2.82. The minimum atomic E-state index is -3.46. The lowest BCUT2D eigenvalue weighted by Gasteiger charge is -2.30. The van der Waals surface area contributed by atoms with Gasteiger partial charge in [0, 0.05) is 32.1 Å². The van der Waals surface area contributed by atoms with E-state index in [1.165, 1.54) is 8.61 Å². The van der Waals surface area contributed by atoms with Crippen LogP contribution in [0.1, 0.15) is 39.0 Å². The first-order valence-corrected chi connectivity index (χ1v) is 14.3. The number of hydrogen-bond acceptors (Lipinski definition) is 6. The van der Waals surface area contributed by atoms with Gasteiger partial charge in [-0.2, -0.15) is 4.31 Å². The second kappa shape index (κ2) is 11.0. The second-order valence-electron chi connectivity index (χ2n) is 8.15. The van der Waals surface area contributed by atoms with Crippen molar-refractivity contribution in [2.75, 3.05) is 45.1 Å². The van der Waals surface area contributed by atoms with Gasteiger partial charge in [-0.1, -0.05) is 6.42 Å². The maximum absolute atomic E-state index is 12.7. The van der Waals surface area contributed by atoms with Crippen molar-refractivity contribution in [3.63, 3.8) is 0 Å². The summed E-state index contributed by atoms with van der Waals surface area (Å²) in [5.74, 6) is 0.324. The molecule has 2 aliphatic heterocycles. The fourth-order valence-corrected chi connectivity index (χ4v) is 6.68. The van der Waals surface area contributed by atoms with Crippen molar-refractivity contribution in [2.45, 2.75) is 43.9 Å². The van der Waals surface area contributed by atoms with Gasteiger partial charge in [0.1, 0.15) is 12.4 Å². The van der Waals surface area contributed by atoms with Crippen LogP contribution in [0.3, 0.4) is 0 Å². The Morgan fingerprint density at radius 3 is 2.19 bits per heavy atom. The molecule has 2 aliphatic rings. The van der Waals surface area contributed by atoms with Crippen LogP contribution >= 0.6 is 0 Å². The lowest BCUT2D eigenvalue weighted by Crippen LogP contribution is -2.44. The van der Waals surface area contributed by atoms with Gasteiger partial charge in [-0.05, 0) is 56.9 Å². The summed E-state index contributed by atoms with van der Waals surface area (Å²) < 4.78 is 57.8. The van der Waals surface area contributed by atoms with Gasteiger partial charge < -0.3 is 10.1 Å². The Labute approximate surface area is 191 Å². The number of carbonyl (C=O) groups is 1. The van der Waals surface area contributed by atoms with E-state index in [4.69, 9.17) is 4.74 Å². The maximum atomic E-state index is 12.7. The molecule has 0 atom stereocenters. The summed E-state index contributed by atoms with van der Waals surface area (Å²) in [6.07, 6.45) is 3.87. The number of carbonyl (C=O) groups excluding carboxylic acids is 1. The second-order valence-corrected chi connectivity index (χ2v) is 12.3. The van der Waals surface area contributed by atoms with Crippen molar-refractivity contribution in [3.05, 3.63) is 24.3 Å². The van der Waals surface area contributed by atoms with E-state index in [1.807, 2.05) is 0 Å². The molecule has 32 heavy (non-hydrogen) atoms. The van der Waals surface area contributed by atoms with Gasteiger partial charge in [0.15, 0.2) is 0 Å². The molecule has 2 fully saturated rings. The number of benzene rings is 1. The summed E-state index contributed by atoms with van der Waals surface area (Å²) in [6.45, 7) is 4.07. The van der Waals surface area contributed by atoms with Gasteiger partial charge >= 0.3 is 0 Å². The summed E-state index contributed by atoms with van der Waals surface area (Å²) in [5.41, 5.74) is 0. The van der Waals surface area contributed by atoms with E-state index < -0.39 is 20.0 Å². The van der Waals surface area contributed by atoms with Crippen LogP contribution in [0.25, 0.3) is 0 Å². The third-order valence-corrected chi connectivity index (χ3v) is 9.82. The zero-order chi connectivity index (χ0) is 23.2. The van der Waals surface area contributed by atoms with Crippen LogP contribution in [0.5, 0.6) is 5.75 Å². The van der Waals surface area contributed by atoms with E-state index in [1.54, 1.807) is 31.2 Å². The fraction of sp³-hybridized carbons (Fsp3) is 0.667. The van der Waals surface area contributed by atoms with E-state index in [9.17, 15) is 21.6 Å². The van der Waals surface area contributed by atoms with Gasteiger partial charge in [0.2, 0.25) is 26.0 Å². The molecular formula is C21H33N3O6S2. The first-order valence-electron chi connectivity index (χ1n) is 11.2. The molecule has 0 aliphatic carbocycles. The SMILES string of the molecule is CCS(=O)(=O)N1CCC(C(=O)NCCOc2ccc(S(=O)(=O)N3CCCCC3)cc2)CC1. The van der Waals surface area contributed by atoms with Crippen LogP contribution < -0.4 is 10.1 Å². The largest absolute Gasteiger partial charge is 0.492 e. The first-order chi connectivity index (χ1) is 15.2. The Bertz CT molecular complexity index is 965. The van der Waals surface area contributed by atoms with Gasteiger partial charge in [-0.25, -0.2) is 21.1 Å². The number of nitrogens with zero attached hydrogens (tertiary/aromatic N) is 2. The monoisotopic (exact) mass is 487 g/mol. The summed E-state index contributed by atoms with van der Waals surface area (Å²) in [6, 6.07) is 6.36. The highest BCUT2D eigenvalue weighted by Gasteiger charge is 2.30. The molecule has 0 radical (unpaired) electrons. The number of piperidine rings is 2. The highest BCUT2D eigenvalue weighted by Crippen LogP contribution is 2.23. The lowest BCUT2D eigenvalue weighted by atomic mass is 9.97. The Morgan fingerprint density at radius 2 is 1.59 bits per heavy atom. The Balaban J connectivity index is 1.40. The predicted octanol–water partition coefficient (Wildman–Crippen LogP) is 1.42. The van der Waals surface area contributed by atoms with Crippen LogP contribution in [0, 0.1) is 5.92 Å². The van der Waals surface area contributed by atoms with Crippen molar-refractivity contribution < 1.29 is 26.4 Å². The van der Waals surface area contributed by atoms with Crippen LogP contribution in [0.15, 0.2) is 29.2 Å². The Hall–Kier alpha value is -1.69. The number of ether oxygens (including phenoxy) is 1. The summed E-state index contributed by atoms with van der Waals surface area (Å²) in [4.78, 5) is 12.6. The molecule has 0 bridgehead atoms. The molecule has 0 unspecified atom stereocenters. The molecule has 0 aromatic heterocycles. The summed E-state index contributed by atoms with van der Waals surface area (Å²) in [5, 5.41) is 2.83. The van der Waals surface area contributed by atoms with Crippen molar-refractivity contribution in [1.82, 2.24) is 13.9 Å². The van der Waals surface area contributed by atoms with Crippen LogP contribution in [0.2, 0.25) is 0 Å². The van der Waals surface area contributed by atoms with Gasteiger partial charge in [-0.3, -0.25) is 4.79 Å². The molecule has 1 aromatic rings. The number of amides is 1. The summed E-state index contributed by atoms with van der Waals surface area (Å²) in [7, 11) is -6.66. The molecule has 11 heteroatoms. The molecule has 2 heterocycles. The van der Waals surface area contributed by atoms with E-state index in [0.717, 1.165) is 19.3 Å². The van der Waals surface area contributed by atoms with Crippen molar-refractivity contribution >= 4 is 26.0 Å². The average molecular weight is 488 g/mol. The molecule has 1 N–H and O–H groups in total. The first kappa shape index (κ1) is 24.9. The molecule has 1 aromatic carbocycles. The highest BCUT2D eigenvalue weighted by molar-refractivity contribution is 7.89. The number of rotatable bonds is 9. The van der Waals surface area contributed by atoms with Crippen LogP contribution in [-0.4, -0.2) is 76.4 Å². The predicted molar refractivity (Wildman–Crippen MR) is 121 cm³/mol. The molecule has 9 nitrogen and oxygen atoms in total. The van der Waals surface area contributed by atoms with Gasteiger partial charge in [0.25, 0.3) is 0 Å². The van der Waals surface area contributed by atoms with E-state index in [2.05, 4.69) is 5.32 Å². The number of hydrogen-bond donors (Lipinski definition) is 1. The number of nitrogens with one attached hydrogen (secondary N) is 1. The molecule has 3 rings (SSSR count). The third-order valence-electron chi connectivity index (χ3n) is 6.03. The number of sulfonamides is 2. The summed E-state index contributed by atoms with van der Waals surface area (Å²) >= 11 is 0. The van der Waals surface area contributed by atoms with E-state index in [0.29, 0.717) is 51.3 Å². The fourth-order valence-electron chi connectivity index (χ4n) is 4.03. The third kappa shape index (κ3) is 6.21. The van der Waals surface area contributed by atoms with Gasteiger partial charge in [0.05, 0.1) is 17.2 Å². The minimum Gasteiger partial charge on any atom is -0.492 e. The van der Waals surface area contributed by atoms with Crippen molar-refractivity contribution in [3.8, 4) is 5.75 Å². The molecular weight excluding hydrogens is 454 g/mol. The quantitative estimate of drug-likeness (QED) is 0.527. The zero-order valence-corrected chi connectivity index (χ0v) is 20.2. The van der Waals surface area contributed by atoms with Crippen molar-refractivity contribution in [1.29, 1.82) is 0 Å². The molecule has 1 amide bonds. The topological polar surface area (TPSA) is 113 Å². The maximum Gasteiger partial charge on any atom is 0.243 e. The highest BCUT2D eigenvalue weighted by atomic mass is 32.2. The standard InChI is InChI=1S/C21H33N3O6S2/c1-2-31(26,27)23-15-10-18(11-16-23)21(25)22-12-17-30-19-6-8-20(9-7-19)32(28,29)24-13-4-3-5-14-24/h6-9,18H,2-5,10-17H2,1H3,(H,22,25). The minimum absolute atomic E-state index is 0.0758. The molecule has 0 saturated carbocycles. The smallest absolute Gasteiger partial charge is 0.243 e. The van der Waals surface area contributed by atoms with Crippen molar-refractivity contribution in [2.24, 2.45) is 5.92 Å². The zero-order valence-electron chi connectivity index (χ0n) is 18.5. The van der Waals surface area contributed by atoms with Gasteiger partial charge in [-0.15, -0.1) is 0 Å². The molecule has 180 valence electrons. The lowest BCUT2D eigenvalue weighted by molar-refractivity contribution is -0.126. The molecule has 2 saturated heterocycles. The van der Waals surface area contributed by atoms with Crippen LogP contribution in [0.4, 0.5) is 0 Å². The van der Waals surface area contributed by atoms with E-state index in [-0.39, 0.29) is 29.1 Å². The van der Waals surface area contributed by atoms with Crippen LogP contribution in [-0.2, 0) is 24.8 Å².